The predicted octanol–water partition coefficient (Wildman–Crippen LogP) is 4.57. The van der Waals surface area contributed by atoms with Crippen LogP contribution in [0.15, 0.2) is 64.8 Å². The van der Waals surface area contributed by atoms with Gasteiger partial charge in [0.1, 0.15) is 11.0 Å². The number of amides is 2. The Morgan fingerprint density at radius 3 is 2.75 bits per heavy atom. The van der Waals surface area contributed by atoms with Gasteiger partial charge in [-0.15, -0.1) is 5.10 Å². The lowest BCUT2D eigenvalue weighted by Gasteiger charge is -2.16. The first-order valence-corrected chi connectivity index (χ1v) is 11.0. The van der Waals surface area contributed by atoms with E-state index in [-0.39, 0.29) is 28.0 Å². The molecule has 0 saturated carbocycles. The van der Waals surface area contributed by atoms with Gasteiger partial charge in [-0.1, -0.05) is 65.3 Å². The Labute approximate surface area is 197 Å². The Kier molecular flexibility index (Phi) is 6.36. The van der Waals surface area contributed by atoms with Gasteiger partial charge in [0.25, 0.3) is 0 Å². The van der Waals surface area contributed by atoms with Crippen molar-refractivity contribution in [1.82, 2.24) is 0 Å². The second-order valence-electron chi connectivity index (χ2n) is 6.88. The number of hydrogen-bond donors (Lipinski definition) is 2. The molecule has 3 N–H and O–H groups in total. The molecule has 4 rings (SSSR count). The molecule has 162 valence electrons. The zero-order valence-corrected chi connectivity index (χ0v) is 18.7. The maximum absolute atomic E-state index is 12.8. The molecule has 1 fully saturated rings. The first kappa shape index (κ1) is 22.1. The molecule has 1 heterocycles. The van der Waals surface area contributed by atoms with Crippen LogP contribution in [0.5, 0.6) is 5.75 Å². The fourth-order valence-corrected chi connectivity index (χ4v) is 4.53. The van der Waals surface area contributed by atoms with Crippen LogP contribution >= 0.6 is 35.0 Å². The molecule has 0 radical (unpaired) electrons. The number of phenolic OH excluding ortho intramolecular Hbond substituents is 1. The second kappa shape index (κ2) is 9.20. The number of phenols is 1. The summed E-state index contributed by atoms with van der Waals surface area (Å²) in [5.41, 5.74) is 6.65. The zero-order valence-electron chi connectivity index (χ0n) is 16.4. The van der Waals surface area contributed by atoms with E-state index in [2.05, 4.69) is 10.2 Å². The van der Waals surface area contributed by atoms with Crippen molar-refractivity contribution >= 4 is 74.6 Å². The first-order chi connectivity index (χ1) is 15.3. The molecular formula is C22H16Cl2N4O3S. The lowest BCUT2D eigenvalue weighted by Crippen LogP contribution is -2.32. The Hall–Kier alpha value is -3.07. The van der Waals surface area contributed by atoms with Crippen LogP contribution in [0.2, 0.25) is 10.0 Å². The second-order valence-corrected chi connectivity index (χ2v) is 8.94. The van der Waals surface area contributed by atoms with Crippen LogP contribution in [-0.2, 0) is 9.59 Å². The third-order valence-electron chi connectivity index (χ3n) is 4.81. The van der Waals surface area contributed by atoms with Crippen LogP contribution in [0, 0.1) is 0 Å². The Bertz CT molecular complexity index is 1300. The smallest absolute Gasteiger partial charge is 0.247 e. The Morgan fingerprint density at radius 2 is 1.94 bits per heavy atom. The number of benzene rings is 3. The van der Waals surface area contributed by atoms with E-state index in [1.54, 1.807) is 18.2 Å². The minimum atomic E-state index is -0.762. The summed E-state index contributed by atoms with van der Waals surface area (Å²) < 4.78 is 0. The van der Waals surface area contributed by atoms with Crippen molar-refractivity contribution in [1.29, 1.82) is 0 Å². The minimum absolute atomic E-state index is 0.00571. The molecule has 1 saturated heterocycles. The fraction of sp³-hybridized carbons (Fsp3) is 0.0909. The third kappa shape index (κ3) is 4.43. The number of carbonyl (C=O) groups is 2. The quantitative estimate of drug-likeness (QED) is 0.243. The molecule has 0 spiro atoms. The van der Waals surface area contributed by atoms with Crippen LogP contribution in [0.1, 0.15) is 12.0 Å². The lowest BCUT2D eigenvalue weighted by atomic mass is 10.0. The molecule has 0 aromatic heterocycles. The first-order valence-electron chi connectivity index (χ1n) is 9.41. The summed E-state index contributed by atoms with van der Waals surface area (Å²) in [6, 6.07) is 15.5. The van der Waals surface area contributed by atoms with Gasteiger partial charge >= 0.3 is 0 Å². The van der Waals surface area contributed by atoms with Gasteiger partial charge in [0.05, 0.1) is 16.9 Å². The number of hydrogen-bond acceptors (Lipinski definition) is 6. The van der Waals surface area contributed by atoms with E-state index in [9.17, 15) is 14.7 Å². The largest absolute Gasteiger partial charge is 0.507 e. The molecule has 10 heteroatoms. The Morgan fingerprint density at radius 1 is 1.16 bits per heavy atom. The van der Waals surface area contributed by atoms with E-state index in [4.69, 9.17) is 28.9 Å². The molecule has 2 amide bonds. The normalized spacial score (nSPS) is 17.1. The summed E-state index contributed by atoms with van der Waals surface area (Å²) in [5.74, 6) is -0.814. The number of nitrogens with two attached hydrogens (primary N) is 1. The highest BCUT2D eigenvalue weighted by atomic mass is 35.5. The van der Waals surface area contributed by atoms with Crippen molar-refractivity contribution in [3.05, 3.63) is 70.2 Å². The minimum Gasteiger partial charge on any atom is -0.507 e. The van der Waals surface area contributed by atoms with Crippen LogP contribution in [0.4, 0.5) is 5.69 Å². The number of thioether (sulfide) groups is 1. The summed E-state index contributed by atoms with van der Waals surface area (Å²) in [7, 11) is 0. The monoisotopic (exact) mass is 486 g/mol. The molecule has 7 nitrogen and oxygen atoms in total. The molecule has 0 bridgehead atoms. The van der Waals surface area contributed by atoms with Gasteiger partial charge in [-0.05, 0) is 35.0 Å². The number of fused-ring (bicyclic) bond motifs is 1. The van der Waals surface area contributed by atoms with Crippen molar-refractivity contribution in [2.75, 3.05) is 4.90 Å². The van der Waals surface area contributed by atoms with E-state index in [0.717, 1.165) is 27.4 Å². The maximum atomic E-state index is 12.8. The van der Waals surface area contributed by atoms with E-state index in [1.807, 2.05) is 24.3 Å². The van der Waals surface area contributed by atoms with E-state index in [0.29, 0.717) is 10.6 Å². The summed E-state index contributed by atoms with van der Waals surface area (Å²) >= 11 is 13.1. The molecule has 1 unspecified atom stereocenters. The van der Waals surface area contributed by atoms with Crippen LogP contribution in [-0.4, -0.2) is 33.6 Å². The third-order valence-corrected chi connectivity index (χ3v) is 6.34. The number of halogens is 2. The highest BCUT2D eigenvalue weighted by Gasteiger charge is 2.41. The molecule has 1 atom stereocenters. The molecule has 3 aromatic carbocycles. The lowest BCUT2D eigenvalue weighted by molar-refractivity contribution is -0.121. The van der Waals surface area contributed by atoms with Gasteiger partial charge in [-0.3, -0.25) is 9.59 Å². The highest BCUT2D eigenvalue weighted by molar-refractivity contribution is 8.14. The number of rotatable bonds is 4. The highest BCUT2D eigenvalue weighted by Crippen LogP contribution is 2.35. The summed E-state index contributed by atoms with van der Waals surface area (Å²) in [4.78, 5) is 26.3. The summed E-state index contributed by atoms with van der Waals surface area (Å²) in [6.45, 7) is 0. The van der Waals surface area contributed by atoms with Crippen LogP contribution in [0.3, 0.4) is 0 Å². The average Bonchev–Trinajstić information content (AvgIpc) is 3.04. The predicted molar refractivity (Wildman–Crippen MR) is 130 cm³/mol. The van der Waals surface area contributed by atoms with Gasteiger partial charge in [0.15, 0.2) is 5.17 Å². The van der Waals surface area contributed by atoms with Crippen molar-refractivity contribution in [2.24, 2.45) is 15.9 Å². The maximum Gasteiger partial charge on any atom is 0.247 e. The van der Waals surface area contributed by atoms with Gasteiger partial charge in [-0.2, -0.15) is 5.10 Å². The van der Waals surface area contributed by atoms with E-state index >= 15 is 0 Å². The summed E-state index contributed by atoms with van der Waals surface area (Å²) in [6.07, 6.45) is 1.33. The topological polar surface area (TPSA) is 108 Å². The number of imide groups is 1. The SMILES string of the molecule is NC(=N/N=C/c1c(O)ccc2ccccc12)SC1CC(=O)N(c2cc(Cl)ccc2Cl)C1=O. The summed E-state index contributed by atoms with van der Waals surface area (Å²) in [5, 5.41) is 19.6. The molecule has 0 aliphatic carbocycles. The molecule has 32 heavy (non-hydrogen) atoms. The molecular weight excluding hydrogens is 471 g/mol. The number of nitrogens with zero attached hydrogens (tertiary/aromatic N) is 3. The molecule has 3 aromatic rings. The average molecular weight is 487 g/mol. The molecule has 1 aliphatic heterocycles. The number of anilines is 1. The molecule has 1 aliphatic rings. The fourth-order valence-electron chi connectivity index (χ4n) is 3.34. The Balaban J connectivity index is 1.51. The van der Waals surface area contributed by atoms with Crippen molar-refractivity contribution in [3.8, 4) is 5.75 Å². The number of carbonyl (C=O) groups excluding carboxylic acids is 2. The zero-order chi connectivity index (χ0) is 22.8. The van der Waals surface area contributed by atoms with Crippen LogP contribution < -0.4 is 10.6 Å². The standard InChI is InChI=1S/C22H16Cl2N4O3S/c23-13-6-7-16(24)17(9-13)28-20(30)10-19(21(28)31)32-22(25)27-26-11-15-14-4-2-1-3-12(14)5-8-18(15)29/h1-9,11,19,29H,10H2,(H2,25,27)/b26-11+. The number of aromatic hydroxyl groups is 1. The van der Waals surface area contributed by atoms with Crippen molar-refractivity contribution in [3.63, 3.8) is 0 Å². The van der Waals surface area contributed by atoms with Gasteiger partial charge in [0.2, 0.25) is 11.8 Å². The van der Waals surface area contributed by atoms with Crippen molar-refractivity contribution in [2.45, 2.75) is 11.7 Å². The van der Waals surface area contributed by atoms with Gasteiger partial charge in [0, 0.05) is 17.0 Å². The van der Waals surface area contributed by atoms with Crippen molar-refractivity contribution < 1.29 is 14.7 Å². The number of amidine groups is 1. The van der Waals surface area contributed by atoms with Crippen LogP contribution in [0.25, 0.3) is 10.8 Å². The van der Waals surface area contributed by atoms with Gasteiger partial charge in [-0.25, -0.2) is 4.90 Å². The van der Waals surface area contributed by atoms with E-state index in [1.165, 1.54) is 18.3 Å². The van der Waals surface area contributed by atoms with Gasteiger partial charge < -0.3 is 10.8 Å². The van der Waals surface area contributed by atoms with E-state index < -0.39 is 17.1 Å².